The van der Waals surface area contributed by atoms with E-state index in [4.69, 9.17) is 9.15 Å². The van der Waals surface area contributed by atoms with Gasteiger partial charge in [-0.2, -0.15) is 0 Å². The first-order valence-electron chi connectivity index (χ1n) is 5.22. The van der Waals surface area contributed by atoms with E-state index in [0.29, 0.717) is 17.3 Å². The Morgan fingerprint density at radius 1 is 1.47 bits per heavy atom. The second-order valence-corrected chi connectivity index (χ2v) is 5.00. The number of rotatable bonds is 3. The molecule has 2 aromatic heterocycles. The van der Waals surface area contributed by atoms with Crippen LogP contribution in [0.1, 0.15) is 23.3 Å². The molecule has 0 unspecified atom stereocenters. The Morgan fingerprint density at radius 2 is 2.24 bits per heavy atom. The summed E-state index contributed by atoms with van der Waals surface area (Å²) in [5.41, 5.74) is 0.668. The monoisotopic (exact) mass is 251 g/mol. The topological polar surface area (TPSA) is 52.3 Å². The molecular weight excluding hydrogens is 238 g/mol. The van der Waals surface area contributed by atoms with Gasteiger partial charge in [-0.1, -0.05) is 0 Å². The number of nitrogens with zero attached hydrogens (tertiary/aromatic N) is 1. The van der Waals surface area contributed by atoms with Crippen molar-refractivity contribution in [2.75, 3.05) is 0 Å². The summed E-state index contributed by atoms with van der Waals surface area (Å²) >= 11 is 1.62. The molecule has 0 aliphatic carbocycles. The summed E-state index contributed by atoms with van der Waals surface area (Å²) in [6.07, 6.45) is 0. The molecule has 0 bridgehead atoms. The third-order valence-corrected chi connectivity index (χ3v) is 3.24. The molecule has 0 atom stereocenters. The Hall–Kier alpha value is -1.62. The predicted octanol–water partition coefficient (Wildman–Crippen LogP) is 3.08. The highest BCUT2D eigenvalue weighted by molar-refractivity contribution is 7.15. The number of aryl methyl sites for hydroxylation is 2. The summed E-state index contributed by atoms with van der Waals surface area (Å²) < 4.78 is 10.5. The SMILES string of the molecule is CC(=O)OCc1nc(-c2ccc(C)s2)oc1C. The molecule has 0 aromatic carbocycles. The van der Waals surface area contributed by atoms with Crippen molar-refractivity contribution in [3.63, 3.8) is 0 Å². The van der Waals surface area contributed by atoms with Gasteiger partial charge >= 0.3 is 5.97 Å². The van der Waals surface area contributed by atoms with E-state index in [9.17, 15) is 4.79 Å². The predicted molar refractivity (Wildman–Crippen MR) is 64.8 cm³/mol. The van der Waals surface area contributed by atoms with E-state index in [1.54, 1.807) is 11.3 Å². The summed E-state index contributed by atoms with van der Waals surface area (Å²) in [5.74, 6) is 0.955. The summed E-state index contributed by atoms with van der Waals surface area (Å²) in [6.45, 7) is 5.38. The fourth-order valence-corrected chi connectivity index (χ4v) is 2.18. The zero-order valence-electron chi connectivity index (χ0n) is 9.94. The van der Waals surface area contributed by atoms with E-state index in [0.717, 1.165) is 4.88 Å². The van der Waals surface area contributed by atoms with Crippen molar-refractivity contribution < 1.29 is 13.9 Å². The maximum atomic E-state index is 10.7. The average molecular weight is 251 g/mol. The molecule has 5 heteroatoms. The third-order valence-electron chi connectivity index (χ3n) is 2.26. The minimum atomic E-state index is -0.319. The molecule has 4 nitrogen and oxygen atoms in total. The fourth-order valence-electron chi connectivity index (χ4n) is 1.39. The molecule has 2 rings (SSSR count). The van der Waals surface area contributed by atoms with Crippen LogP contribution in [0.15, 0.2) is 16.5 Å². The zero-order chi connectivity index (χ0) is 12.4. The molecule has 0 fully saturated rings. The van der Waals surface area contributed by atoms with Crippen LogP contribution in [0.4, 0.5) is 0 Å². The number of hydrogen-bond acceptors (Lipinski definition) is 5. The second-order valence-electron chi connectivity index (χ2n) is 3.71. The molecule has 2 aromatic rings. The van der Waals surface area contributed by atoms with Crippen LogP contribution in [0, 0.1) is 13.8 Å². The minimum absolute atomic E-state index is 0.162. The van der Waals surface area contributed by atoms with E-state index < -0.39 is 0 Å². The lowest BCUT2D eigenvalue weighted by Crippen LogP contribution is -2.00. The van der Waals surface area contributed by atoms with E-state index in [1.807, 2.05) is 26.0 Å². The fraction of sp³-hybridized carbons (Fsp3) is 0.333. The molecule has 0 aliphatic heterocycles. The molecule has 0 saturated carbocycles. The number of carbonyl (C=O) groups excluding carboxylic acids is 1. The normalized spacial score (nSPS) is 10.5. The summed E-state index contributed by atoms with van der Waals surface area (Å²) in [5, 5.41) is 0. The quantitative estimate of drug-likeness (QED) is 0.787. The highest BCUT2D eigenvalue weighted by Crippen LogP contribution is 2.28. The number of thiophene rings is 1. The maximum absolute atomic E-state index is 10.7. The lowest BCUT2D eigenvalue weighted by Gasteiger charge is -1.97. The van der Waals surface area contributed by atoms with Gasteiger partial charge in [-0.05, 0) is 26.0 Å². The molecule has 2 heterocycles. The van der Waals surface area contributed by atoms with Crippen LogP contribution in [0.5, 0.6) is 0 Å². The van der Waals surface area contributed by atoms with Crippen LogP contribution in [0.3, 0.4) is 0 Å². The van der Waals surface area contributed by atoms with Gasteiger partial charge in [0.1, 0.15) is 18.1 Å². The number of carbonyl (C=O) groups is 1. The van der Waals surface area contributed by atoms with Crippen LogP contribution in [-0.4, -0.2) is 11.0 Å². The Bertz CT molecular complexity index is 542. The molecular formula is C12H13NO3S. The first-order chi connectivity index (χ1) is 8.06. The summed E-state index contributed by atoms with van der Waals surface area (Å²) in [7, 11) is 0. The van der Waals surface area contributed by atoms with Gasteiger partial charge in [-0.3, -0.25) is 4.79 Å². The maximum Gasteiger partial charge on any atom is 0.303 e. The number of ether oxygens (including phenoxy) is 1. The summed E-state index contributed by atoms with van der Waals surface area (Å²) in [6, 6.07) is 3.99. The van der Waals surface area contributed by atoms with Gasteiger partial charge in [0.2, 0.25) is 5.89 Å². The molecule has 0 aliphatic rings. The van der Waals surface area contributed by atoms with Crippen molar-refractivity contribution in [1.29, 1.82) is 0 Å². The lowest BCUT2D eigenvalue weighted by molar-refractivity contribution is -0.142. The van der Waals surface area contributed by atoms with Gasteiger partial charge in [0.25, 0.3) is 0 Å². The Morgan fingerprint density at radius 3 is 2.82 bits per heavy atom. The van der Waals surface area contributed by atoms with Crippen LogP contribution in [0.2, 0.25) is 0 Å². The minimum Gasteiger partial charge on any atom is -0.459 e. The van der Waals surface area contributed by atoms with Crippen molar-refractivity contribution in [3.05, 3.63) is 28.5 Å². The number of oxazole rings is 1. The van der Waals surface area contributed by atoms with Gasteiger partial charge in [0.15, 0.2) is 0 Å². The lowest BCUT2D eigenvalue weighted by atomic mass is 10.4. The van der Waals surface area contributed by atoms with Crippen molar-refractivity contribution in [3.8, 4) is 10.8 Å². The molecule has 0 saturated heterocycles. The van der Waals surface area contributed by atoms with E-state index in [-0.39, 0.29) is 12.6 Å². The van der Waals surface area contributed by atoms with Crippen LogP contribution in [-0.2, 0) is 16.1 Å². The van der Waals surface area contributed by atoms with E-state index in [1.165, 1.54) is 11.8 Å². The zero-order valence-corrected chi connectivity index (χ0v) is 10.8. The van der Waals surface area contributed by atoms with Crippen LogP contribution >= 0.6 is 11.3 Å². The number of esters is 1. The molecule has 17 heavy (non-hydrogen) atoms. The van der Waals surface area contributed by atoms with Crippen LogP contribution < -0.4 is 0 Å². The highest BCUT2D eigenvalue weighted by atomic mass is 32.1. The molecule has 0 amide bonds. The molecule has 0 spiro atoms. The average Bonchev–Trinajstić information content (AvgIpc) is 2.82. The van der Waals surface area contributed by atoms with Crippen LogP contribution in [0.25, 0.3) is 10.8 Å². The van der Waals surface area contributed by atoms with Gasteiger partial charge in [0, 0.05) is 11.8 Å². The number of hydrogen-bond donors (Lipinski definition) is 0. The van der Waals surface area contributed by atoms with E-state index in [2.05, 4.69) is 4.98 Å². The standard InChI is InChI=1S/C12H13NO3S/c1-7-4-5-11(17-7)12-13-10(8(2)16-12)6-15-9(3)14/h4-5H,6H2,1-3H3. The first kappa shape index (κ1) is 11.9. The first-order valence-corrected chi connectivity index (χ1v) is 6.04. The molecule has 0 radical (unpaired) electrons. The van der Waals surface area contributed by atoms with E-state index >= 15 is 0 Å². The largest absolute Gasteiger partial charge is 0.459 e. The molecule has 0 N–H and O–H groups in total. The molecule has 90 valence electrons. The summed E-state index contributed by atoms with van der Waals surface area (Å²) in [4.78, 5) is 17.3. The number of aromatic nitrogens is 1. The smallest absolute Gasteiger partial charge is 0.303 e. The Balaban J connectivity index is 2.21. The second kappa shape index (κ2) is 4.71. The van der Waals surface area contributed by atoms with Crippen molar-refractivity contribution in [1.82, 2.24) is 4.98 Å². The van der Waals surface area contributed by atoms with Crippen molar-refractivity contribution in [2.24, 2.45) is 0 Å². The van der Waals surface area contributed by atoms with Gasteiger partial charge in [-0.15, -0.1) is 11.3 Å². The van der Waals surface area contributed by atoms with Crippen molar-refractivity contribution in [2.45, 2.75) is 27.4 Å². The van der Waals surface area contributed by atoms with Gasteiger partial charge in [0.05, 0.1) is 4.88 Å². The Labute approximate surface area is 103 Å². The highest BCUT2D eigenvalue weighted by Gasteiger charge is 2.13. The van der Waals surface area contributed by atoms with Gasteiger partial charge < -0.3 is 9.15 Å². The van der Waals surface area contributed by atoms with Gasteiger partial charge in [-0.25, -0.2) is 4.98 Å². The third kappa shape index (κ3) is 2.74. The van der Waals surface area contributed by atoms with Crippen molar-refractivity contribution >= 4 is 17.3 Å². The Kier molecular flexibility index (Phi) is 3.28.